The van der Waals surface area contributed by atoms with E-state index in [1.54, 1.807) is 7.11 Å². The van der Waals surface area contributed by atoms with Crippen molar-refractivity contribution >= 4 is 11.6 Å². The summed E-state index contributed by atoms with van der Waals surface area (Å²) >= 11 is 0. The van der Waals surface area contributed by atoms with Crippen molar-refractivity contribution in [2.75, 3.05) is 39.2 Å². The summed E-state index contributed by atoms with van der Waals surface area (Å²) in [5, 5.41) is 0. The molecule has 1 amide bonds. The van der Waals surface area contributed by atoms with Crippen LogP contribution in [-0.4, -0.2) is 45.1 Å². The van der Waals surface area contributed by atoms with Crippen LogP contribution in [0.25, 0.3) is 0 Å². The molecule has 1 heterocycles. The second-order valence-electron chi connectivity index (χ2n) is 6.90. The molecule has 3 rings (SSSR count). The third-order valence-electron chi connectivity index (χ3n) is 4.89. The van der Waals surface area contributed by atoms with Gasteiger partial charge in [0.1, 0.15) is 5.75 Å². The van der Waals surface area contributed by atoms with Crippen molar-refractivity contribution in [2.45, 2.75) is 12.8 Å². The molecule has 1 aliphatic rings. The lowest BCUT2D eigenvalue weighted by Crippen LogP contribution is -2.29. The Labute approximate surface area is 150 Å². The molecule has 0 N–H and O–H groups in total. The van der Waals surface area contributed by atoms with Crippen LogP contribution in [-0.2, 0) is 6.42 Å². The van der Waals surface area contributed by atoms with Crippen molar-refractivity contribution in [1.29, 1.82) is 0 Å². The summed E-state index contributed by atoms with van der Waals surface area (Å²) in [7, 11) is 5.68. The number of anilines is 1. The van der Waals surface area contributed by atoms with E-state index in [-0.39, 0.29) is 5.91 Å². The first-order chi connectivity index (χ1) is 12.1. The van der Waals surface area contributed by atoms with Crippen molar-refractivity contribution in [1.82, 2.24) is 4.90 Å². The molecule has 1 atom stereocenters. The molecule has 4 heteroatoms. The van der Waals surface area contributed by atoms with Gasteiger partial charge in [0.25, 0.3) is 5.91 Å². The standard InChI is InChI=1S/C21H26N2O2/c1-22(2)19-8-6-18(7-9-19)21(24)23-13-12-17(15-23)14-16-4-10-20(25-3)11-5-16/h4-11,17H,12-15H2,1-3H3. The van der Waals surface area contributed by atoms with Crippen LogP contribution >= 0.6 is 0 Å². The van der Waals surface area contributed by atoms with Gasteiger partial charge in [-0.2, -0.15) is 0 Å². The van der Waals surface area contributed by atoms with Gasteiger partial charge in [0, 0.05) is 38.4 Å². The van der Waals surface area contributed by atoms with Gasteiger partial charge in [0.05, 0.1) is 7.11 Å². The quantitative estimate of drug-likeness (QED) is 0.837. The summed E-state index contributed by atoms with van der Waals surface area (Å²) in [6.07, 6.45) is 2.07. The molecule has 0 saturated carbocycles. The van der Waals surface area contributed by atoms with E-state index in [0.717, 1.165) is 42.9 Å². The highest BCUT2D eigenvalue weighted by atomic mass is 16.5. The summed E-state index contributed by atoms with van der Waals surface area (Å²) in [5.74, 6) is 1.55. The number of carbonyl (C=O) groups excluding carboxylic acids is 1. The number of carbonyl (C=O) groups is 1. The Kier molecular flexibility index (Phi) is 5.27. The third kappa shape index (κ3) is 4.13. The summed E-state index contributed by atoms with van der Waals surface area (Å²) in [4.78, 5) is 16.7. The average Bonchev–Trinajstić information content (AvgIpc) is 3.10. The molecule has 1 aliphatic heterocycles. The number of ether oxygens (including phenoxy) is 1. The van der Waals surface area contributed by atoms with E-state index in [1.807, 2.05) is 60.3 Å². The van der Waals surface area contributed by atoms with E-state index in [4.69, 9.17) is 4.74 Å². The van der Waals surface area contributed by atoms with Gasteiger partial charge >= 0.3 is 0 Å². The van der Waals surface area contributed by atoms with Crippen molar-refractivity contribution < 1.29 is 9.53 Å². The smallest absolute Gasteiger partial charge is 0.253 e. The molecule has 2 aromatic carbocycles. The maximum atomic E-state index is 12.7. The summed E-state index contributed by atoms with van der Waals surface area (Å²) in [6, 6.07) is 16.1. The van der Waals surface area contributed by atoms with Crippen molar-refractivity contribution in [3.05, 3.63) is 59.7 Å². The molecule has 0 radical (unpaired) electrons. The molecule has 1 unspecified atom stereocenters. The molecule has 25 heavy (non-hydrogen) atoms. The average molecular weight is 338 g/mol. The van der Waals surface area contributed by atoms with Crippen LogP contribution < -0.4 is 9.64 Å². The highest BCUT2D eigenvalue weighted by Crippen LogP contribution is 2.24. The lowest BCUT2D eigenvalue weighted by atomic mass is 9.99. The number of hydrogen-bond acceptors (Lipinski definition) is 3. The van der Waals surface area contributed by atoms with Crippen LogP contribution in [0.4, 0.5) is 5.69 Å². The number of benzene rings is 2. The molecular weight excluding hydrogens is 312 g/mol. The Morgan fingerprint density at radius 3 is 2.40 bits per heavy atom. The normalized spacial score (nSPS) is 16.8. The number of methoxy groups -OCH3 is 1. The fourth-order valence-corrected chi connectivity index (χ4v) is 3.36. The van der Waals surface area contributed by atoms with Crippen molar-refractivity contribution in [3.8, 4) is 5.75 Å². The maximum Gasteiger partial charge on any atom is 0.253 e. The molecular formula is C21H26N2O2. The van der Waals surface area contributed by atoms with Gasteiger partial charge in [-0.15, -0.1) is 0 Å². The van der Waals surface area contributed by atoms with E-state index in [9.17, 15) is 4.79 Å². The number of rotatable bonds is 5. The Bertz CT molecular complexity index is 708. The number of nitrogens with zero attached hydrogens (tertiary/aromatic N) is 2. The minimum Gasteiger partial charge on any atom is -0.497 e. The predicted molar refractivity (Wildman–Crippen MR) is 101 cm³/mol. The molecule has 4 nitrogen and oxygen atoms in total. The molecule has 2 aromatic rings. The molecule has 0 aliphatic carbocycles. The van der Waals surface area contributed by atoms with E-state index in [2.05, 4.69) is 12.1 Å². The molecule has 132 valence electrons. The van der Waals surface area contributed by atoms with Gasteiger partial charge in [-0.05, 0) is 60.7 Å². The highest BCUT2D eigenvalue weighted by molar-refractivity contribution is 5.94. The van der Waals surface area contributed by atoms with Crippen LogP contribution in [0.3, 0.4) is 0 Å². The highest BCUT2D eigenvalue weighted by Gasteiger charge is 2.27. The molecule has 1 saturated heterocycles. The zero-order chi connectivity index (χ0) is 17.8. The Balaban J connectivity index is 1.58. The predicted octanol–water partition coefficient (Wildman–Crippen LogP) is 3.47. The first-order valence-corrected chi connectivity index (χ1v) is 8.76. The van der Waals surface area contributed by atoms with Gasteiger partial charge in [-0.1, -0.05) is 12.1 Å². The number of hydrogen-bond donors (Lipinski definition) is 0. The Morgan fingerprint density at radius 2 is 1.80 bits per heavy atom. The second kappa shape index (κ2) is 7.60. The summed E-state index contributed by atoms with van der Waals surface area (Å²) in [5.41, 5.74) is 3.18. The SMILES string of the molecule is COc1ccc(CC2CCN(C(=O)c3ccc(N(C)C)cc3)C2)cc1. The molecule has 1 fully saturated rings. The van der Waals surface area contributed by atoms with E-state index in [1.165, 1.54) is 5.56 Å². The fraction of sp³-hybridized carbons (Fsp3) is 0.381. The van der Waals surface area contributed by atoms with E-state index >= 15 is 0 Å². The largest absolute Gasteiger partial charge is 0.497 e. The minimum absolute atomic E-state index is 0.141. The second-order valence-corrected chi connectivity index (χ2v) is 6.90. The first-order valence-electron chi connectivity index (χ1n) is 8.76. The molecule has 0 aromatic heterocycles. The van der Waals surface area contributed by atoms with Crippen molar-refractivity contribution in [3.63, 3.8) is 0 Å². The van der Waals surface area contributed by atoms with Gasteiger partial charge in [0.2, 0.25) is 0 Å². The maximum absolute atomic E-state index is 12.7. The summed E-state index contributed by atoms with van der Waals surface area (Å²) in [6.45, 7) is 1.68. The third-order valence-corrected chi connectivity index (χ3v) is 4.89. The fourth-order valence-electron chi connectivity index (χ4n) is 3.36. The Hall–Kier alpha value is -2.49. The lowest BCUT2D eigenvalue weighted by Gasteiger charge is -2.18. The van der Waals surface area contributed by atoms with Gasteiger partial charge in [0.15, 0.2) is 0 Å². The van der Waals surface area contributed by atoms with Gasteiger partial charge in [-0.25, -0.2) is 0 Å². The number of amides is 1. The monoisotopic (exact) mass is 338 g/mol. The van der Waals surface area contributed by atoms with Crippen LogP contribution in [0.15, 0.2) is 48.5 Å². The summed E-state index contributed by atoms with van der Waals surface area (Å²) < 4.78 is 5.20. The lowest BCUT2D eigenvalue weighted by molar-refractivity contribution is 0.0787. The zero-order valence-corrected chi connectivity index (χ0v) is 15.2. The van der Waals surface area contributed by atoms with E-state index < -0.39 is 0 Å². The number of likely N-dealkylation sites (tertiary alicyclic amines) is 1. The van der Waals surface area contributed by atoms with Crippen LogP contribution in [0, 0.1) is 5.92 Å². The molecule has 0 bridgehead atoms. The molecule has 0 spiro atoms. The van der Waals surface area contributed by atoms with Crippen LogP contribution in [0.2, 0.25) is 0 Å². The van der Waals surface area contributed by atoms with Gasteiger partial charge < -0.3 is 14.5 Å². The minimum atomic E-state index is 0.141. The van der Waals surface area contributed by atoms with Gasteiger partial charge in [-0.3, -0.25) is 4.79 Å². The van der Waals surface area contributed by atoms with Crippen molar-refractivity contribution in [2.24, 2.45) is 5.92 Å². The zero-order valence-electron chi connectivity index (χ0n) is 15.2. The van der Waals surface area contributed by atoms with Crippen LogP contribution in [0.5, 0.6) is 5.75 Å². The Morgan fingerprint density at radius 1 is 1.12 bits per heavy atom. The topological polar surface area (TPSA) is 32.8 Å². The van der Waals surface area contributed by atoms with Crippen LogP contribution in [0.1, 0.15) is 22.3 Å². The first kappa shape index (κ1) is 17.3. The van der Waals surface area contributed by atoms with E-state index in [0.29, 0.717) is 5.92 Å².